The number of hydrogen-bond acceptors (Lipinski definition) is 1. The maximum Gasteiger partial charge on any atom is 0.0166 e. The molecular weight excluding hydrogens is 308 g/mol. The van der Waals surface area contributed by atoms with Crippen molar-refractivity contribution in [3.05, 3.63) is 5.75 Å². The van der Waals surface area contributed by atoms with E-state index < -0.39 is 0 Å². The van der Waals surface area contributed by atoms with Gasteiger partial charge in [0.05, 0.1) is 0 Å². The van der Waals surface area contributed by atoms with E-state index in [-0.39, 0.29) is 0 Å². The van der Waals surface area contributed by atoms with E-state index in [4.69, 9.17) is 0 Å². The molecule has 0 heterocycles. The van der Waals surface area contributed by atoms with Gasteiger partial charge in [0.25, 0.3) is 0 Å². The maximum atomic E-state index is 2.47. The van der Waals surface area contributed by atoms with Crippen molar-refractivity contribution in [2.45, 2.75) is 136 Å². The molecular formula is C23H47S. The molecule has 0 fully saturated rings. The van der Waals surface area contributed by atoms with Crippen LogP contribution in [0, 0.1) is 5.75 Å². The summed E-state index contributed by atoms with van der Waals surface area (Å²) < 4.78 is 0. The summed E-state index contributed by atoms with van der Waals surface area (Å²) in [5.41, 5.74) is 0. The van der Waals surface area contributed by atoms with Crippen molar-refractivity contribution in [2.75, 3.05) is 5.75 Å². The summed E-state index contributed by atoms with van der Waals surface area (Å²) in [6.07, 6.45) is 27.3. The summed E-state index contributed by atoms with van der Waals surface area (Å²) in [4.78, 5) is 0. The Labute approximate surface area is 159 Å². The molecule has 0 aromatic heterocycles. The molecule has 1 radical (unpaired) electrons. The average Bonchev–Trinajstić information content (AvgIpc) is 2.60. The normalized spacial score (nSPS) is 11.2. The van der Waals surface area contributed by atoms with Crippen LogP contribution in [-0.2, 0) is 0 Å². The van der Waals surface area contributed by atoms with Crippen LogP contribution >= 0.6 is 11.8 Å². The summed E-state index contributed by atoms with van der Waals surface area (Å²) in [6.45, 7) is 4.59. The van der Waals surface area contributed by atoms with Gasteiger partial charge in [-0.15, -0.1) is 0 Å². The van der Waals surface area contributed by atoms with Gasteiger partial charge in [0, 0.05) is 5.75 Å². The highest BCUT2D eigenvalue weighted by Gasteiger charge is 1.95. The molecule has 0 aliphatic carbocycles. The van der Waals surface area contributed by atoms with Crippen LogP contribution in [0.5, 0.6) is 0 Å². The van der Waals surface area contributed by atoms with Crippen LogP contribution in [0.4, 0.5) is 0 Å². The van der Waals surface area contributed by atoms with Crippen LogP contribution in [0.15, 0.2) is 0 Å². The molecule has 0 spiro atoms. The minimum Gasteiger partial charge on any atom is -0.157 e. The molecule has 0 saturated carbocycles. The topological polar surface area (TPSA) is 0 Å². The summed E-state index contributed by atoms with van der Waals surface area (Å²) >= 11 is 2.07. The molecule has 0 amide bonds. The lowest BCUT2D eigenvalue weighted by Gasteiger charge is -2.03. The third-order valence-corrected chi connectivity index (χ3v) is 5.90. The van der Waals surface area contributed by atoms with Crippen LogP contribution < -0.4 is 0 Å². The first-order valence-electron chi connectivity index (χ1n) is 11.3. The quantitative estimate of drug-likeness (QED) is 0.185. The zero-order chi connectivity index (χ0) is 17.6. The fourth-order valence-electron chi connectivity index (χ4n) is 3.20. The largest absolute Gasteiger partial charge is 0.157 e. The van der Waals surface area contributed by atoms with E-state index in [9.17, 15) is 0 Å². The lowest BCUT2D eigenvalue weighted by Crippen LogP contribution is -1.84. The van der Waals surface area contributed by atoms with Gasteiger partial charge in [-0.2, -0.15) is 11.8 Å². The summed E-state index contributed by atoms with van der Waals surface area (Å²) in [7, 11) is 0. The Hall–Kier alpha value is 0.350. The summed E-state index contributed by atoms with van der Waals surface area (Å²) in [6, 6.07) is 0. The van der Waals surface area contributed by atoms with E-state index in [1.807, 2.05) is 0 Å². The molecule has 0 aromatic carbocycles. The van der Waals surface area contributed by atoms with E-state index in [1.54, 1.807) is 0 Å². The van der Waals surface area contributed by atoms with Crippen molar-refractivity contribution in [3.63, 3.8) is 0 Å². The molecule has 0 aliphatic rings. The van der Waals surface area contributed by atoms with E-state index in [0.29, 0.717) is 0 Å². The Morgan fingerprint density at radius 3 is 1.29 bits per heavy atom. The molecule has 0 rings (SSSR count). The molecule has 0 aliphatic heterocycles. The lowest BCUT2D eigenvalue weighted by molar-refractivity contribution is 0.544. The zero-order valence-corrected chi connectivity index (χ0v) is 17.9. The number of thioether (sulfide) groups is 1. The van der Waals surface area contributed by atoms with Crippen LogP contribution in [0.2, 0.25) is 0 Å². The first-order valence-corrected chi connectivity index (χ1v) is 12.4. The number of unbranched alkanes of at least 4 members (excludes halogenated alkanes) is 17. The third kappa shape index (κ3) is 22.4. The Morgan fingerprint density at radius 2 is 0.833 bits per heavy atom. The molecule has 145 valence electrons. The van der Waals surface area contributed by atoms with E-state index in [2.05, 4.69) is 31.4 Å². The summed E-state index contributed by atoms with van der Waals surface area (Å²) in [5.74, 6) is 3.83. The Morgan fingerprint density at radius 1 is 0.458 bits per heavy atom. The highest BCUT2D eigenvalue weighted by atomic mass is 32.2. The molecule has 0 nitrogen and oxygen atoms in total. The van der Waals surface area contributed by atoms with Crippen molar-refractivity contribution in [3.8, 4) is 0 Å². The molecule has 1 heteroatoms. The van der Waals surface area contributed by atoms with Crippen LogP contribution in [0.3, 0.4) is 0 Å². The van der Waals surface area contributed by atoms with E-state index in [0.717, 1.165) is 0 Å². The van der Waals surface area contributed by atoms with Crippen molar-refractivity contribution in [1.82, 2.24) is 0 Å². The lowest BCUT2D eigenvalue weighted by atomic mass is 10.1. The van der Waals surface area contributed by atoms with Gasteiger partial charge in [-0.3, -0.25) is 0 Å². The first kappa shape index (κ1) is 24.4. The number of rotatable bonds is 21. The van der Waals surface area contributed by atoms with Gasteiger partial charge in [0.15, 0.2) is 0 Å². The molecule has 24 heavy (non-hydrogen) atoms. The van der Waals surface area contributed by atoms with Crippen molar-refractivity contribution in [2.24, 2.45) is 0 Å². The molecule has 0 N–H and O–H groups in total. The fourth-order valence-corrected chi connectivity index (χ4v) is 4.07. The zero-order valence-electron chi connectivity index (χ0n) is 17.1. The molecule has 0 saturated heterocycles. The predicted octanol–water partition coefficient (Wildman–Crippen LogP) is 9.33. The highest BCUT2D eigenvalue weighted by Crippen LogP contribution is 2.17. The van der Waals surface area contributed by atoms with Gasteiger partial charge in [-0.1, -0.05) is 123 Å². The first-order chi connectivity index (χ1) is 11.9. The van der Waals surface area contributed by atoms with Gasteiger partial charge in [-0.25, -0.2) is 0 Å². The average molecular weight is 356 g/mol. The maximum absolute atomic E-state index is 2.47. The van der Waals surface area contributed by atoms with Gasteiger partial charge in [-0.05, 0) is 18.6 Å². The van der Waals surface area contributed by atoms with Crippen LogP contribution in [0.25, 0.3) is 0 Å². The summed E-state index contributed by atoms with van der Waals surface area (Å²) in [5, 5.41) is 0. The van der Waals surface area contributed by atoms with Gasteiger partial charge >= 0.3 is 0 Å². The van der Waals surface area contributed by atoms with Crippen molar-refractivity contribution >= 4 is 11.8 Å². The molecule has 0 unspecified atom stereocenters. The predicted molar refractivity (Wildman–Crippen MR) is 116 cm³/mol. The van der Waals surface area contributed by atoms with Crippen LogP contribution in [-0.4, -0.2) is 5.75 Å². The minimum atomic E-state index is 1.33. The monoisotopic (exact) mass is 355 g/mol. The Bertz CT molecular complexity index is 180. The second kappa shape index (κ2) is 23.4. The smallest absolute Gasteiger partial charge is 0.0166 e. The third-order valence-electron chi connectivity index (χ3n) is 4.91. The molecule has 0 atom stereocenters. The van der Waals surface area contributed by atoms with E-state index in [1.165, 1.54) is 128 Å². The minimum absolute atomic E-state index is 1.33. The molecule has 0 bridgehead atoms. The molecule has 0 aromatic rings. The van der Waals surface area contributed by atoms with Crippen LogP contribution in [0.1, 0.15) is 136 Å². The van der Waals surface area contributed by atoms with E-state index >= 15 is 0 Å². The van der Waals surface area contributed by atoms with Crippen molar-refractivity contribution in [1.29, 1.82) is 0 Å². The number of hydrogen-bond donors (Lipinski definition) is 0. The van der Waals surface area contributed by atoms with Gasteiger partial charge < -0.3 is 0 Å². The highest BCUT2D eigenvalue weighted by molar-refractivity contribution is 8.01. The Kier molecular flexibility index (Phi) is 23.7. The standard InChI is InChI=1S/C23H47S/c1-3-5-7-9-11-12-13-14-15-16-17-19-21-23-24-22-20-18-10-8-6-4-2/h23H,3-22H2,1-2H3. The SMILES string of the molecule is CCCCCCCCCCCCCC[CH]SCCCCCCCC. The van der Waals surface area contributed by atoms with Gasteiger partial charge in [0.2, 0.25) is 0 Å². The Balaban J connectivity index is 2.93. The van der Waals surface area contributed by atoms with Gasteiger partial charge in [0.1, 0.15) is 0 Å². The second-order valence-electron chi connectivity index (χ2n) is 7.48. The second-order valence-corrected chi connectivity index (χ2v) is 8.56. The van der Waals surface area contributed by atoms with Crippen molar-refractivity contribution < 1.29 is 0 Å². The fraction of sp³-hybridized carbons (Fsp3) is 0.957.